The quantitative estimate of drug-likeness (QED) is 0.441. The minimum absolute atomic E-state index is 0.0675. The summed E-state index contributed by atoms with van der Waals surface area (Å²) in [5, 5.41) is 8.69. The lowest BCUT2D eigenvalue weighted by atomic mass is 9.91. The third-order valence-electron chi connectivity index (χ3n) is 7.91. The second-order valence-electron chi connectivity index (χ2n) is 10.2. The Labute approximate surface area is 207 Å². The standard InChI is InChI=1S/C29H25FN4O2/c30-21-8-10-22(11-9-21)34-24-13-12-23(16-20(24)17-31-34)33-25(18-4-2-1-3-5-18)26(29(14-15-29)28(33)36)32-27(35)19-6-7-19/h1-5,8-13,16-17,19,25-26H,6-7,14-15H2,(H,32,35)/t25-,26-/m1/s1. The predicted molar refractivity (Wildman–Crippen MR) is 134 cm³/mol. The van der Waals surface area contributed by atoms with Gasteiger partial charge in [0.05, 0.1) is 34.9 Å². The fourth-order valence-corrected chi connectivity index (χ4v) is 5.67. The van der Waals surface area contributed by atoms with Gasteiger partial charge in [0.25, 0.3) is 0 Å². The highest BCUT2D eigenvalue weighted by Gasteiger charge is 2.67. The van der Waals surface area contributed by atoms with Gasteiger partial charge < -0.3 is 10.2 Å². The summed E-state index contributed by atoms with van der Waals surface area (Å²) in [5.41, 5.74) is 2.89. The number of anilines is 1. The van der Waals surface area contributed by atoms with Gasteiger partial charge in [-0.05, 0) is 73.7 Å². The molecule has 0 radical (unpaired) electrons. The van der Waals surface area contributed by atoms with Crippen LogP contribution in [0.25, 0.3) is 16.6 Å². The van der Waals surface area contributed by atoms with Gasteiger partial charge in [-0.25, -0.2) is 9.07 Å². The van der Waals surface area contributed by atoms with Crippen molar-refractivity contribution in [3.8, 4) is 5.69 Å². The Morgan fingerprint density at radius 2 is 1.69 bits per heavy atom. The van der Waals surface area contributed by atoms with E-state index in [9.17, 15) is 14.0 Å². The molecule has 4 aromatic rings. The Bertz CT molecular complexity index is 1490. The maximum atomic E-state index is 14.0. The highest BCUT2D eigenvalue weighted by molar-refractivity contribution is 6.05. The number of aromatic nitrogens is 2. The number of nitrogens with one attached hydrogen (secondary N) is 1. The number of halogens is 1. The van der Waals surface area contributed by atoms with Crippen molar-refractivity contribution >= 4 is 28.4 Å². The van der Waals surface area contributed by atoms with E-state index in [2.05, 4.69) is 10.4 Å². The molecule has 0 unspecified atom stereocenters. The summed E-state index contributed by atoms with van der Waals surface area (Å²) in [6.07, 6.45) is 5.18. The van der Waals surface area contributed by atoms with E-state index in [0.29, 0.717) is 0 Å². The molecule has 2 heterocycles. The van der Waals surface area contributed by atoms with E-state index in [-0.39, 0.29) is 35.6 Å². The molecule has 1 aromatic heterocycles. The van der Waals surface area contributed by atoms with Gasteiger partial charge in [0.1, 0.15) is 5.82 Å². The maximum Gasteiger partial charge on any atom is 0.236 e. The first-order valence-corrected chi connectivity index (χ1v) is 12.5. The summed E-state index contributed by atoms with van der Waals surface area (Å²) in [4.78, 5) is 28.7. The number of carbonyl (C=O) groups excluding carboxylic acids is 2. The van der Waals surface area contributed by atoms with Crippen LogP contribution in [0.4, 0.5) is 10.1 Å². The highest BCUT2D eigenvalue weighted by Crippen LogP contribution is 2.60. The molecule has 1 N–H and O–H groups in total. The van der Waals surface area contributed by atoms with Crippen molar-refractivity contribution in [2.24, 2.45) is 11.3 Å². The Morgan fingerprint density at radius 1 is 0.972 bits per heavy atom. The first-order valence-electron chi connectivity index (χ1n) is 12.5. The van der Waals surface area contributed by atoms with E-state index in [1.165, 1.54) is 12.1 Å². The van der Waals surface area contributed by atoms with Gasteiger partial charge in [-0.3, -0.25) is 9.59 Å². The smallest absolute Gasteiger partial charge is 0.236 e. The van der Waals surface area contributed by atoms with Crippen LogP contribution in [0.2, 0.25) is 0 Å². The number of fused-ring (bicyclic) bond motifs is 1. The number of amides is 2. The molecule has 7 heteroatoms. The van der Waals surface area contributed by atoms with Crippen LogP contribution in [0.3, 0.4) is 0 Å². The molecule has 1 spiro atoms. The van der Waals surface area contributed by atoms with Crippen LogP contribution < -0.4 is 10.2 Å². The molecule has 3 fully saturated rings. The fraction of sp³-hybridized carbons (Fsp3) is 0.276. The minimum Gasteiger partial charge on any atom is -0.350 e. The zero-order valence-corrected chi connectivity index (χ0v) is 19.6. The van der Waals surface area contributed by atoms with Crippen LogP contribution in [-0.2, 0) is 9.59 Å². The molecule has 0 bridgehead atoms. The Balaban J connectivity index is 1.31. The highest BCUT2D eigenvalue weighted by atomic mass is 19.1. The Hall–Kier alpha value is -4.00. The molecule has 3 aliphatic rings. The number of rotatable bonds is 5. The van der Waals surface area contributed by atoms with Gasteiger partial charge in [-0.1, -0.05) is 30.3 Å². The van der Waals surface area contributed by atoms with E-state index in [1.807, 2.05) is 53.4 Å². The molecule has 2 aliphatic carbocycles. The van der Waals surface area contributed by atoms with Crippen LogP contribution in [0.5, 0.6) is 0 Å². The Kier molecular flexibility index (Phi) is 4.58. The minimum atomic E-state index is -0.543. The molecule has 1 saturated heterocycles. The van der Waals surface area contributed by atoms with E-state index in [4.69, 9.17) is 0 Å². The molecular formula is C29H25FN4O2. The summed E-state index contributed by atoms with van der Waals surface area (Å²) in [7, 11) is 0. The number of hydrogen-bond acceptors (Lipinski definition) is 3. The molecule has 1 aliphatic heterocycles. The first-order chi connectivity index (χ1) is 17.5. The summed E-state index contributed by atoms with van der Waals surface area (Å²) in [6, 6.07) is 21.5. The molecule has 2 atom stereocenters. The van der Waals surface area contributed by atoms with Crippen LogP contribution in [0, 0.1) is 17.2 Å². The van der Waals surface area contributed by atoms with Crippen molar-refractivity contribution in [1.29, 1.82) is 0 Å². The Morgan fingerprint density at radius 3 is 2.39 bits per heavy atom. The van der Waals surface area contributed by atoms with Gasteiger partial charge in [-0.15, -0.1) is 0 Å². The topological polar surface area (TPSA) is 67.2 Å². The lowest BCUT2D eigenvalue weighted by Gasteiger charge is -2.29. The second kappa shape index (κ2) is 7.75. The molecule has 2 saturated carbocycles. The van der Waals surface area contributed by atoms with Crippen molar-refractivity contribution in [2.75, 3.05) is 4.90 Å². The van der Waals surface area contributed by atoms with E-state index >= 15 is 0 Å². The molecule has 6 nitrogen and oxygen atoms in total. The number of hydrogen-bond donors (Lipinski definition) is 1. The van der Waals surface area contributed by atoms with Crippen molar-refractivity contribution in [1.82, 2.24) is 15.1 Å². The lowest BCUT2D eigenvalue weighted by molar-refractivity contribution is -0.124. The molecule has 3 aromatic carbocycles. The average molecular weight is 481 g/mol. The van der Waals surface area contributed by atoms with Crippen molar-refractivity contribution in [3.63, 3.8) is 0 Å². The molecule has 36 heavy (non-hydrogen) atoms. The molecule has 180 valence electrons. The normalized spacial score (nSPS) is 22.4. The van der Waals surface area contributed by atoms with Gasteiger partial charge in [0.2, 0.25) is 11.8 Å². The van der Waals surface area contributed by atoms with Gasteiger partial charge in [0.15, 0.2) is 0 Å². The molecule has 7 rings (SSSR count). The SMILES string of the molecule is O=C(N[C@@H]1[C@@H](c2ccccc2)N(c2ccc3c(cnn3-c3ccc(F)cc3)c2)C(=O)C12CC2)C1CC1. The van der Waals surface area contributed by atoms with Gasteiger partial charge in [0, 0.05) is 17.0 Å². The van der Waals surface area contributed by atoms with Crippen LogP contribution in [-0.4, -0.2) is 27.6 Å². The summed E-state index contributed by atoms with van der Waals surface area (Å²) < 4.78 is 15.2. The van der Waals surface area contributed by atoms with Crippen molar-refractivity contribution < 1.29 is 14.0 Å². The van der Waals surface area contributed by atoms with Gasteiger partial charge in [-0.2, -0.15) is 5.10 Å². The van der Waals surface area contributed by atoms with Crippen LogP contribution in [0.15, 0.2) is 79.0 Å². The summed E-state index contributed by atoms with van der Waals surface area (Å²) >= 11 is 0. The summed E-state index contributed by atoms with van der Waals surface area (Å²) in [5.74, 6) is -0.0787. The zero-order chi connectivity index (χ0) is 24.4. The van der Waals surface area contributed by atoms with Crippen LogP contribution >= 0.6 is 0 Å². The maximum absolute atomic E-state index is 14.0. The number of nitrogens with zero attached hydrogens (tertiary/aromatic N) is 3. The third kappa shape index (κ3) is 3.26. The van der Waals surface area contributed by atoms with E-state index in [0.717, 1.165) is 53.5 Å². The van der Waals surface area contributed by atoms with E-state index in [1.54, 1.807) is 23.0 Å². The summed E-state index contributed by atoms with van der Waals surface area (Å²) in [6.45, 7) is 0. The largest absolute Gasteiger partial charge is 0.350 e. The molecular weight excluding hydrogens is 455 g/mol. The fourth-order valence-electron chi connectivity index (χ4n) is 5.67. The van der Waals surface area contributed by atoms with E-state index < -0.39 is 5.41 Å². The van der Waals surface area contributed by atoms with Crippen molar-refractivity contribution in [2.45, 2.75) is 37.8 Å². The second-order valence-corrected chi connectivity index (χ2v) is 10.2. The average Bonchev–Trinajstić information content (AvgIpc) is 3.82. The monoisotopic (exact) mass is 480 g/mol. The number of benzene rings is 3. The third-order valence-corrected chi connectivity index (χ3v) is 7.91. The predicted octanol–water partition coefficient (Wildman–Crippen LogP) is 4.93. The zero-order valence-electron chi connectivity index (χ0n) is 19.6. The van der Waals surface area contributed by atoms with Crippen molar-refractivity contribution in [3.05, 3.63) is 90.4 Å². The van der Waals surface area contributed by atoms with Crippen LogP contribution in [0.1, 0.15) is 37.3 Å². The first kappa shape index (κ1) is 21.3. The number of carbonyl (C=O) groups is 2. The lowest BCUT2D eigenvalue weighted by Crippen LogP contribution is -2.44. The van der Waals surface area contributed by atoms with Gasteiger partial charge >= 0.3 is 0 Å². The molecule has 2 amide bonds.